The molecule has 4 nitrogen and oxygen atoms in total. The van der Waals surface area contributed by atoms with Crippen molar-refractivity contribution in [2.45, 2.75) is 13.0 Å². The third-order valence-corrected chi connectivity index (χ3v) is 1.99. The number of aryl methyl sites for hydroxylation is 1. The van der Waals surface area contributed by atoms with E-state index in [2.05, 4.69) is 16.5 Å². The normalized spacial score (nSPS) is 13.2. The van der Waals surface area contributed by atoms with Crippen LogP contribution in [0.4, 0.5) is 0 Å². The third kappa shape index (κ3) is 3.06. The molecule has 0 amide bonds. The van der Waals surface area contributed by atoms with Gasteiger partial charge in [0.25, 0.3) is 0 Å². The molecule has 78 valence electrons. The average molecular weight is 194 g/mol. The smallest absolute Gasteiger partial charge is 0.0601 e. The Bertz CT molecular complexity index is 268. The van der Waals surface area contributed by atoms with Gasteiger partial charge in [-0.15, -0.1) is 0 Å². The minimum atomic E-state index is 0.137. The van der Waals surface area contributed by atoms with Gasteiger partial charge in [-0.3, -0.25) is 4.98 Å². The molecule has 1 heterocycles. The first-order valence-corrected chi connectivity index (χ1v) is 4.69. The van der Waals surface area contributed by atoms with Gasteiger partial charge in [0.15, 0.2) is 0 Å². The summed E-state index contributed by atoms with van der Waals surface area (Å²) in [6, 6.07) is 4.18. The molecule has 0 bridgehead atoms. The molecule has 0 saturated heterocycles. The first-order valence-electron chi connectivity index (χ1n) is 4.69. The van der Waals surface area contributed by atoms with Gasteiger partial charge in [-0.2, -0.15) is 0 Å². The van der Waals surface area contributed by atoms with E-state index in [1.54, 1.807) is 0 Å². The van der Waals surface area contributed by atoms with Gasteiger partial charge < -0.3 is 5.73 Å². The average Bonchev–Trinajstić information content (AvgIpc) is 2.15. The zero-order valence-corrected chi connectivity index (χ0v) is 8.99. The summed E-state index contributed by atoms with van der Waals surface area (Å²) in [7, 11) is 3.90. The fourth-order valence-electron chi connectivity index (χ4n) is 1.26. The number of pyridine rings is 1. The molecule has 0 aliphatic carbocycles. The summed E-state index contributed by atoms with van der Waals surface area (Å²) in [6.45, 7) is 2.53. The van der Waals surface area contributed by atoms with Crippen molar-refractivity contribution in [3.8, 4) is 0 Å². The Morgan fingerprint density at radius 2 is 2.21 bits per heavy atom. The number of hydrazine groups is 1. The van der Waals surface area contributed by atoms with Crippen LogP contribution in [-0.4, -0.2) is 30.6 Å². The van der Waals surface area contributed by atoms with Crippen LogP contribution in [-0.2, 0) is 0 Å². The second-order valence-corrected chi connectivity index (χ2v) is 3.54. The van der Waals surface area contributed by atoms with E-state index >= 15 is 0 Å². The molecule has 1 aromatic rings. The number of hydrogen-bond donors (Lipinski definition) is 2. The molecule has 0 aliphatic heterocycles. The monoisotopic (exact) mass is 194 g/mol. The van der Waals surface area contributed by atoms with Crippen molar-refractivity contribution in [2.75, 3.05) is 20.6 Å². The van der Waals surface area contributed by atoms with Crippen molar-refractivity contribution in [3.63, 3.8) is 0 Å². The van der Waals surface area contributed by atoms with Gasteiger partial charge >= 0.3 is 0 Å². The summed E-state index contributed by atoms with van der Waals surface area (Å²) in [5, 5.41) is 1.90. The van der Waals surface area contributed by atoms with E-state index in [9.17, 15) is 0 Å². The molecule has 0 saturated carbocycles. The molecule has 4 heteroatoms. The molecule has 0 aliphatic rings. The predicted molar refractivity (Wildman–Crippen MR) is 57.6 cm³/mol. The number of nitrogens with zero attached hydrogens (tertiary/aromatic N) is 2. The lowest BCUT2D eigenvalue weighted by Crippen LogP contribution is -2.38. The minimum absolute atomic E-state index is 0.137. The maximum Gasteiger partial charge on any atom is 0.0601 e. The Balaban J connectivity index is 2.73. The Morgan fingerprint density at radius 3 is 2.64 bits per heavy atom. The van der Waals surface area contributed by atoms with Crippen LogP contribution in [0, 0.1) is 6.92 Å². The molecule has 0 spiro atoms. The van der Waals surface area contributed by atoms with E-state index in [1.807, 2.05) is 38.3 Å². The minimum Gasteiger partial charge on any atom is -0.329 e. The van der Waals surface area contributed by atoms with Crippen molar-refractivity contribution >= 4 is 0 Å². The lowest BCUT2D eigenvalue weighted by atomic mass is 10.1. The zero-order chi connectivity index (χ0) is 10.6. The zero-order valence-electron chi connectivity index (χ0n) is 8.99. The number of aromatic nitrogens is 1. The molecule has 1 aromatic heterocycles. The first kappa shape index (κ1) is 11.1. The lowest BCUT2D eigenvalue weighted by Gasteiger charge is -2.21. The van der Waals surface area contributed by atoms with Crippen LogP contribution in [0.2, 0.25) is 0 Å². The van der Waals surface area contributed by atoms with Gasteiger partial charge in [0.1, 0.15) is 0 Å². The lowest BCUT2D eigenvalue weighted by molar-refractivity contribution is 0.245. The Labute approximate surface area is 85.1 Å². The summed E-state index contributed by atoms with van der Waals surface area (Å²) in [5.41, 5.74) is 11.0. The van der Waals surface area contributed by atoms with Crippen molar-refractivity contribution < 1.29 is 0 Å². The molecule has 1 atom stereocenters. The van der Waals surface area contributed by atoms with Crippen molar-refractivity contribution in [2.24, 2.45) is 5.73 Å². The van der Waals surface area contributed by atoms with E-state index in [-0.39, 0.29) is 6.04 Å². The Morgan fingerprint density at radius 1 is 1.50 bits per heavy atom. The van der Waals surface area contributed by atoms with Gasteiger partial charge in [-0.25, -0.2) is 10.4 Å². The molecule has 14 heavy (non-hydrogen) atoms. The van der Waals surface area contributed by atoms with Crippen LogP contribution >= 0.6 is 0 Å². The van der Waals surface area contributed by atoms with Crippen LogP contribution < -0.4 is 11.2 Å². The number of nitrogens with one attached hydrogen (secondary N) is 1. The highest BCUT2D eigenvalue weighted by molar-refractivity contribution is 5.17. The van der Waals surface area contributed by atoms with E-state index in [1.165, 1.54) is 0 Å². The standard InChI is InChI=1S/C10H18N4/c1-8-4-5-9(7-12-8)10(6-11)13-14(2)3/h4-5,7,10,13H,6,11H2,1-3H3. The topological polar surface area (TPSA) is 54.2 Å². The van der Waals surface area contributed by atoms with Gasteiger partial charge in [-0.05, 0) is 18.6 Å². The van der Waals surface area contributed by atoms with Crippen LogP contribution in [0.5, 0.6) is 0 Å². The molecule has 0 aromatic carbocycles. The largest absolute Gasteiger partial charge is 0.329 e. The molecule has 0 radical (unpaired) electrons. The van der Waals surface area contributed by atoms with E-state index in [0.717, 1.165) is 11.3 Å². The molecule has 3 N–H and O–H groups in total. The Kier molecular flexibility index (Phi) is 4.00. The molecule has 1 unspecified atom stereocenters. The van der Waals surface area contributed by atoms with Gasteiger partial charge in [0, 0.05) is 32.5 Å². The van der Waals surface area contributed by atoms with Crippen LogP contribution in [0.25, 0.3) is 0 Å². The molecular formula is C10H18N4. The predicted octanol–water partition coefficient (Wildman–Crippen LogP) is 0.456. The highest BCUT2D eigenvalue weighted by Gasteiger charge is 2.09. The van der Waals surface area contributed by atoms with Crippen LogP contribution in [0.3, 0.4) is 0 Å². The van der Waals surface area contributed by atoms with Crippen molar-refractivity contribution in [1.82, 2.24) is 15.4 Å². The Hall–Kier alpha value is -0.970. The van der Waals surface area contributed by atoms with Crippen LogP contribution in [0.1, 0.15) is 17.3 Å². The maximum absolute atomic E-state index is 5.67. The fourth-order valence-corrected chi connectivity index (χ4v) is 1.26. The SMILES string of the molecule is Cc1ccc(C(CN)NN(C)C)cn1. The molecule has 1 rings (SSSR count). The maximum atomic E-state index is 5.67. The first-order chi connectivity index (χ1) is 6.63. The van der Waals surface area contributed by atoms with E-state index in [4.69, 9.17) is 5.73 Å². The van der Waals surface area contributed by atoms with Gasteiger partial charge in [0.2, 0.25) is 0 Å². The fraction of sp³-hybridized carbons (Fsp3) is 0.500. The third-order valence-electron chi connectivity index (χ3n) is 1.99. The highest BCUT2D eigenvalue weighted by Crippen LogP contribution is 2.10. The van der Waals surface area contributed by atoms with Crippen molar-refractivity contribution in [3.05, 3.63) is 29.6 Å². The number of nitrogens with two attached hydrogens (primary N) is 1. The van der Waals surface area contributed by atoms with E-state index < -0.39 is 0 Å². The van der Waals surface area contributed by atoms with E-state index in [0.29, 0.717) is 6.54 Å². The second-order valence-electron chi connectivity index (χ2n) is 3.54. The molecule has 0 fully saturated rings. The summed E-state index contributed by atoms with van der Waals surface area (Å²) in [5.74, 6) is 0. The summed E-state index contributed by atoms with van der Waals surface area (Å²) < 4.78 is 0. The van der Waals surface area contributed by atoms with Crippen molar-refractivity contribution in [1.29, 1.82) is 0 Å². The highest BCUT2D eigenvalue weighted by atomic mass is 15.5. The summed E-state index contributed by atoms with van der Waals surface area (Å²) in [6.07, 6.45) is 1.86. The number of rotatable bonds is 4. The van der Waals surface area contributed by atoms with Gasteiger partial charge in [-0.1, -0.05) is 6.07 Å². The molecular weight excluding hydrogens is 176 g/mol. The van der Waals surface area contributed by atoms with Gasteiger partial charge in [0.05, 0.1) is 6.04 Å². The second kappa shape index (κ2) is 5.05. The number of hydrogen-bond acceptors (Lipinski definition) is 4. The summed E-state index contributed by atoms with van der Waals surface area (Å²) >= 11 is 0. The summed E-state index contributed by atoms with van der Waals surface area (Å²) in [4.78, 5) is 4.24. The van der Waals surface area contributed by atoms with Crippen LogP contribution in [0.15, 0.2) is 18.3 Å². The quantitative estimate of drug-likeness (QED) is 0.684.